The molecule has 2 N–H and O–H groups in total. The predicted octanol–water partition coefficient (Wildman–Crippen LogP) is 0.671. The molecule has 2 aliphatic rings. The number of hydrogen-bond acceptors (Lipinski definition) is 3. The van der Waals surface area contributed by atoms with Gasteiger partial charge in [-0.1, -0.05) is 13.3 Å². The van der Waals surface area contributed by atoms with Crippen molar-refractivity contribution in [1.29, 1.82) is 0 Å². The monoisotopic (exact) mass is 226 g/mol. The Labute approximate surface area is 97.1 Å². The lowest BCUT2D eigenvalue weighted by atomic mass is 9.70. The molecule has 1 aliphatic carbocycles. The number of amides is 1. The van der Waals surface area contributed by atoms with E-state index in [2.05, 4.69) is 17.6 Å². The van der Waals surface area contributed by atoms with Gasteiger partial charge in [-0.15, -0.1) is 0 Å². The maximum Gasteiger partial charge on any atom is 0.246 e. The van der Waals surface area contributed by atoms with Gasteiger partial charge in [-0.2, -0.15) is 0 Å². The van der Waals surface area contributed by atoms with Crippen LogP contribution in [0.1, 0.15) is 33.1 Å². The van der Waals surface area contributed by atoms with Crippen LogP contribution in [0.25, 0.3) is 0 Å². The molecular weight excluding hydrogens is 204 g/mol. The summed E-state index contributed by atoms with van der Waals surface area (Å²) < 4.78 is 5.57. The van der Waals surface area contributed by atoms with E-state index >= 15 is 0 Å². The molecule has 92 valence electrons. The van der Waals surface area contributed by atoms with E-state index in [9.17, 15) is 4.79 Å². The summed E-state index contributed by atoms with van der Waals surface area (Å²) >= 11 is 0. The Hall–Kier alpha value is -0.610. The van der Waals surface area contributed by atoms with Crippen molar-refractivity contribution in [1.82, 2.24) is 10.6 Å². The SMILES string of the molecule is CC1(CNC(=O)COC2(C)CNC2)CCC1. The van der Waals surface area contributed by atoms with Crippen molar-refractivity contribution < 1.29 is 9.53 Å². The zero-order valence-corrected chi connectivity index (χ0v) is 10.3. The van der Waals surface area contributed by atoms with Gasteiger partial charge in [0.15, 0.2) is 0 Å². The Morgan fingerprint density at radius 3 is 2.50 bits per heavy atom. The van der Waals surface area contributed by atoms with Crippen molar-refractivity contribution in [2.45, 2.75) is 38.7 Å². The molecule has 0 aromatic carbocycles. The molecule has 0 radical (unpaired) electrons. The van der Waals surface area contributed by atoms with E-state index in [1.165, 1.54) is 19.3 Å². The molecule has 0 aromatic rings. The molecule has 1 saturated carbocycles. The van der Waals surface area contributed by atoms with Crippen LogP contribution in [0.4, 0.5) is 0 Å². The second-order valence-electron chi connectivity index (χ2n) is 5.78. The first kappa shape index (κ1) is 11.9. The fourth-order valence-corrected chi connectivity index (χ4v) is 2.14. The number of rotatable bonds is 5. The van der Waals surface area contributed by atoms with Crippen LogP contribution in [0.15, 0.2) is 0 Å². The molecule has 1 aliphatic heterocycles. The zero-order chi connectivity index (χ0) is 11.6. The fraction of sp³-hybridized carbons (Fsp3) is 0.917. The van der Waals surface area contributed by atoms with E-state index < -0.39 is 0 Å². The lowest BCUT2D eigenvalue weighted by molar-refractivity contribution is -0.136. The second-order valence-corrected chi connectivity index (χ2v) is 5.78. The van der Waals surface area contributed by atoms with Crippen LogP contribution < -0.4 is 10.6 Å². The molecule has 0 unspecified atom stereocenters. The third-order valence-corrected chi connectivity index (χ3v) is 3.82. The van der Waals surface area contributed by atoms with Crippen molar-refractivity contribution in [3.63, 3.8) is 0 Å². The van der Waals surface area contributed by atoms with Crippen molar-refractivity contribution in [3.05, 3.63) is 0 Å². The van der Waals surface area contributed by atoms with Crippen molar-refractivity contribution in [3.8, 4) is 0 Å². The predicted molar refractivity (Wildman–Crippen MR) is 62.2 cm³/mol. The van der Waals surface area contributed by atoms with Gasteiger partial charge < -0.3 is 15.4 Å². The average Bonchev–Trinajstić information content (AvgIpc) is 2.18. The van der Waals surface area contributed by atoms with Crippen LogP contribution in [0.2, 0.25) is 0 Å². The molecule has 2 fully saturated rings. The topological polar surface area (TPSA) is 50.4 Å². The van der Waals surface area contributed by atoms with Gasteiger partial charge in [0.1, 0.15) is 6.61 Å². The van der Waals surface area contributed by atoms with Gasteiger partial charge >= 0.3 is 0 Å². The minimum absolute atomic E-state index is 0.0150. The summed E-state index contributed by atoms with van der Waals surface area (Å²) in [5.41, 5.74) is 0.218. The summed E-state index contributed by atoms with van der Waals surface area (Å²) in [7, 11) is 0. The maximum atomic E-state index is 11.6. The molecule has 0 spiro atoms. The average molecular weight is 226 g/mol. The Kier molecular flexibility index (Phi) is 3.22. The van der Waals surface area contributed by atoms with Crippen LogP contribution in [0, 0.1) is 5.41 Å². The van der Waals surface area contributed by atoms with Crippen LogP contribution in [0.5, 0.6) is 0 Å². The van der Waals surface area contributed by atoms with Crippen molar-refractivity contribution in [2.24, 2.45) is 5.41 Å². The Balaban J connectivity index is 1.61. The Bertz CT molecular complexity index is 244. The highest BCUT2D eigenvalue weighted by atomic mass is 16.5. The standard InChI is InChI=1S/C12H22N2O2/c1-11(4-3-5-11)7-14-10(15)6-16-12(2)8-13-9-12/h13H,3-9H2,1-2H3,(H,14,15). The summed E-state index contributed by atoms with van der Waals surface area (Å²) in [6.45, 7) is 6.94. The summed E-state index contributed by atoms with van der Waals surface area (Å²) in [5, 5.41) is 6.10. The molecule has 0 atom stereocenters. The van der Waals surface area contributed by atoms with Gasteiger partial charge in [0.2, 0.25) is 5.91 Å². The molecule has 4 heteroatoms. The van der Waals surface area contributed by atoms with Gasteiger partial charge in [0.25, 0.3) is 0 Å². The van der Waals surface area contributed by atoms with Gasteiger partial charge in [0.05, 0.1) is 5.60 Å². The van der Waals surface area contributed by atoms with Gasteiger partial charge in [0, 0.05) is 19.6 Å². The lowest BCUT2D eigenvalue weighted by Crippen LogP contribution is -2.59. The Morgan fingerprint density at radius 1 is 1.38 bits per heavy atom. The largest absolute Gasteiger partial charge is 0.363 e. The smallest absolute Gasteiger partial charge is 0.246 e. The molecule has 4 nitrogen and oxygen atoms in total. The van der Waals surface area contributed by atoms with Crippen molar-refractivity contribution in [2.75, 3.05) is 26.2 Å². The normalized spacial score (nSPS) is 25.4. The van der Waals surface area contributed by atoms with E-state index in [0.717, 1.165) is 19.6 Å². The number of nitrogens with one attached hydrogen (secondary N) is 2. The van der Waals surface area contributed by atoms with E-state index in [1.54, 1.807) is 0 Å². The fourth-order valence-electron chi connectivity index (χ4n) is 2.14. The maximum absolute atomic E-state index is 11.6. The highest BCUT2D eigenvalue weighted by molar-refractivity contribution is 5.77. The number of carbonyl (C=O) groups is 1. The second kappa shape index (κ2) is 4.34. The highest BCUT2D eigenvalue weighted by Gasteiger charge is 2.34. The first-order valence-electron chi connectivity index (χ1n) is 6.13. The quantitative estimate of drug-likeness (QED) is 0.724. The third kappa shape index (κ3) is 2.74. The van der Waals surface area contributed by atoms with Gasteiger partial charge in [-0.25, -0.2) is 0 Å². The summed E-state index contributed by atoms with van der Waals surface area (Å²) in [4.78, 5) is 11.6. The molecule has 1 saturated heterocycles. The van der Waals surface area contributed by atoms with Crippen LogP contribution in [-0.4, -0.2) is 37.7 Å². The molecule has 1 heterocycles. The molecule has 16 heavy (non-hydrogen) atoms. The number of carbonyl (C=O) groups excluding carboxylic acids is 1. The van der Waals surface area contributed by atoms with E-state index in [4.69, 9.17) is 4.74 Å². The molecule has 1 amide bonds. The first-order chi connectivity index (χ1) is 7.52. The summed E-state index contributed by atoms with van der Waals surface area (Å²) in [6, 6.07) is 0. The minimum Gasteiger partial charge on any atom is -0.363 e. The van der Waals surface area contributed by atoms with Crippen LogP contribution in [-0.2, 0) is 9.53 Å². The van der Waals surface area contributed by atoms with Crippen LogP contribution >= 0.6 is 0 Å². The minimum atomic E-state index is -0.127. The summed E-state index contributed by atoms with van der Waals surface area (Å²) in [5.74, 6) is 0.0150. The van der Waals surface area contributed by atoms with E-state index in [0.29, 0.717) is 5.41 Å². The van der Waals surface area contributed by atoms with Crippen LogP contribution in [0.3, 0.4) is 0 Å². The Morgan fingerprint density at radius 2 is 2.06 bits per heavy atom. The first-order valence-corrected chi connectivity index (χ1v) is 6.13. The van der Waals surface area contributed by atoms with E-state index in [-0.39, 0.29) is 18.1 Å². The highest BCUT2D eigenvalue weighted by Crippen LogP contribution is 2.39. The van der Waals surface area contributed by atoms with Gasteiger partial charge in [-0.3, -0.25) is 4.79 Å². The zero-order valence-electron chi connectivity index (χ0n) is 10.3. The lowest BCUT2D eigenvalue weighted by Gasteiger charge is -2.40. The van der Waals surface area contributed by atoms with E-state index in [1.807, 2.05) is 6.92 Å². The number of hydrogen-bond donors (Lipinski definition) is 2. The molecular formula is C12H22N2O2. The van der Waals surface area contributed by atoms with Crippen molar-refractivity contribution >= 4 is 5.91 Å². The molecule has 0 aromatic heterocycles. The number of ether oxygens (including phenoxy) is 1. The molecule has 2 rings (SSSR count). The van der Waals surface area contributed by atoms with Gasteiger partial charge in [-0.05, 0) is 25.2 Å². The third-order valence-electron chi connectivity index (χ3n) is 3.82. The molecule has 0 bridgehead atoms. The summed E-state index contributed by atoms with van der Waals surface area (Å²) in [6.07, 6.45) is 3.76.